The van der Waals surface area contributed by atoms with Gasteiger partial charge < -0.3 is 24.1 Å². The highest BCUT2D eigenvalue weighted by molar-refractivity contribution is 5.98. The molecule has 0 aliphatic heterocycles. The minimum Gasteiger partial charge on any atom is -0.493 e. The number of hydrogen-bond donors (Lipinski definition) is 1. The lowest BCUT2D eigenvalue weighted by atomic mass is 10.2. The lowest BCUT2D eigenvalue weighted by Gasteiger charge is -2.16. The van der Waals surface area contributed by atoms with Crippen LogP contribution < -0.4 is 14.8 Å². The fraction of sp³-hybridized carbons (Fsp3) is 0.190. The molecule has 8 heteroatoms. The van der Waals surface area contributed by atoms with Crippen molar-refractivity contribution in [2.24, 2.45) is 0 Å². The average molecular weight is 395 g/mol. The number of carbonyl (C=O) groups excluding carboxylic acids is 2. The number of anilines is 1. The molecule has 2 aromatic heterocycles. The Kier molecular flexibility index (Phi) is 6.47. The summed E-state index contributed by atoms with van der Waals surface area (Å²) in [6.07, 6.45) is 4.81. The molecule has 1 aromatic carbocycles. The number of rotatable bonds is 8. The minimum absolute atomic E-state index is 0.128. The molecular formula is C21H21N3O5. The number of amides is 2. The summed E-state index contributed by atoms with van der Waals surface area (Å²) in [5, 5.41) is 2.75. The van der Waals surface area contributed by atoms with Crippen LogP contribution in [-0.4, -0.2) is 42.4 Å². The summed E-state index contributed by atoms with van der Waals surface area (Å²) in [6.45, 7) is 0.180. The summed E-state index contributed by atoms with van der Waals surface area (Å²) in [5.74, 6) is 0.471. The number of aromatic nitrogens is 1. The van der Waals surface area contributed by atoms with Crippen LogP contribution in [-0.2, 0) is 11.4 Å². The highest BCUT2D eigenvalue weighted by Gasteiger charge is 2.17. The van der Waals surface area contributed by atoms with Gasteiger partial charge in [-0.25, -0.2) is 0 Å². The molecule has 2 amide bonds. The number of hydrogen-bond acceptors (Lipinski definition) is 6. The third kappa shape index (κ3) is 5.35. The van der Waals surface area contributed by atoms with Gasteiger partial charge in [-0.15, -0.1) is 0 Å². The van der Waals surface area contributed by atoms with Gasteiger partial charge in [0.05, 0.1) is 19.9 Å². The molecule has 150 valence electrons. The number of nitrogens with zero attached hydrogens (tertiary/aromatic N) is 2. The molecule has 0 unspecified atom stereocenters. The van der Waals surface area contributed by atoms with Gasteiger partial charge in [0.15, 0.2) is 17.3 Å². The average Bonchev–Trinajstić information content (AvgIpc) is 3.27. The van der Waals surface area contributed by atoms with Crippen LogP contribution in [0, 0.1) is 0 Å². The number of benzene rings is 1. The van der Waals surface area contributed by atoms with Crippen molar-refractivity contribution in [3.8, 4) is 11.5 Å². The van der Waals surface area contributed by atoms with Gasteiger partial charge in [-0.3, -0.25) is 14.6 Å². The van der Waals surface area contributed by atoms with E-state index in [2.05, 4.69) is 10.3 Å². The van der Waals surface area contributed by atoms with Crippen LogP contribution in [0.5, 0.6) is 11.5 Å². The van der Waals surface area contributed by atoms with E-state index in [9.17, 15) is 9.59 Å². The van der Waals surface area contributed by atoms with Gasteiger partial charge in [0.1, 0.15) is 6.61 Å². The van der Waals surface area contributed by atoms with Gasteiger partial charge in [-0.05, 0) is 30.3 Å². The molecule has 0 aliphatic rings. The summed E-state index contributed by atoms with van der Waals surface area (Å²) in [6, 6.07) is 12.0. The maximum atomic E-state index is 12.3. The number of furan rings is 1. The zero-order valence-corrected chi connectivity index (χ0v) is 16.1. The molecule has 0 spiro atoms. The van der Waals surface area contributed by atoms with Gasteiger partial charge in [0.25, 0.3) is 5.91 Å². The standard InChI is InChI=1S/C21H21N3O5/c1-24(21(26)18-6-4-10-28-18)13-20(25)23-16-7-8-17(27-2)19(11-16)29-14-15-5-3-9-22-12-15/h3-12H,13-14H2,1-2H3,(H,23,25). The quantitative estimate of drug-likeness (QED) is 0.630. The number of methoxy groups -OCH3 is 1. The Bertz CT molecular complexity index is 958. The molecule has 8 nitrogen and oxygen atoms in total. The number of pyridine rings is 1. The SMILES string of the molecule is COc1ccc(NC(=O)CN(C)C(=O)c2ccco2)cc1OCc1cccnc1. The van der Waals surface area contributed by atoms with Crippen molar-refractivity contribution >= 4 is 17.5 Å². The minimum atomic E-state index is -0.375. The smallest absolute Gasteiger partial charge is 0.289 e. The number of ether oxygens (including phenoxy) is 2. The fourth-order valence-corrected chi connectivity index (χ4v) is 2.59. The molecule has 1 N–H and O–H groups in total. The first kappa shape index (κ1) is 19.9. The summed E-state index contributed by atoms with van der Waals surface area (Å²) < 4.78 is 16.2. The second-order valence-corrected chi connectivity index (χ2v) is 6.20. The molecule has 0 atom stereocenters. The number of carbonyl (C=O) groups is 2. The monoisotopic (exact) mass is 395 g/mol. The summed E-state index contributed by atoms with van der Waals surface area (Å²) in [5.41, 5.74) is 1.43. The van der Waals surface area contributed by atoms with E-state index >= 15 is 0 Å². The third-order valence-corrected chi connectivity index (χ3v) is 4.02. The Morgan fingerprint density at radius 3 is 2.72 bits per heavy atom. The van der Waals surface area contributed by atoms with E-state index in [0.29, 0.717) is 23.8 Å². The highest BCUT2D eigenvalue weighted by Crippen LogP contribution is 2.31. The fourth-order valence-electron chi connectivity index (χ4n) is 2.59. The van der Waals surface area contributed by atoms with Crippen LogP contribution in [0.3, 0.4) is 0 Å². The van der Waals surface area contributed by atoms with E-state index in [4.69, 9.17) is 13.9 Å². The van der Waals surface area contributed by atoms with Crippen molar-refractivity contribution < 1.29 is 23.5 Å². The van der Waals surface area contributed by atoms with E-state index in [1.807, 2.05) is 12.1 Å². The van der Waals surface area contributed by atoms with Crippen molar-refractivity contribution in [1.29, 1.82) is 0 Å². The maximum absolute atomic E-state index is 12.3. The van der Waals surface area contributed by atoms with Crippen molar-refractivity contribution in [2.45, 2.75) is 6.61 Å². The topological polar surface area (TPSA) is 93.9 Å². The molecule has 0 radical (unpaired) electrons. The summed E-state index contributed by atoms with van der Waals surface area (Å²) in [7, 11) is 3.07. The predicted molar refractivity (Wildman–Crippen MR) is 106 cm³/mol. The van der Waals surface area contributed by atoms with Crippen LogP contribution >= 0.6 is 0 Å². The van der Waals surface area contributed by atoms with Crippen LogP contribution in [0.25, 0.3) is 0 Å². The normalized spacial score (nSPS) is 10.3. The second kappa shape index (κ2) is 9.41. The van der Waals surface area contributed by atoms with Gasteiger partial charge in [0.2, 0.25) is 5.91 Å². The zero-order chi connectivity index (χ0) is 20.6. The van der Waals surface area contributed by atoms with Crippen molar-refractivity contribution in [2.75, 3.05) is 26.0 Å². The maximum Gasteiger partial charge on any atom is 0.289 e. The Balaban J connectivity index is 1.62. The first-order valence-electron chi connectivity index (χ1n) is 8.85. The van der Waals surface area contributed by atoms with Crippen LogP contribution in [0.2, 0.25) is 0 Å². The molecular weight excluding hydrogens is 374 g/mol. The van der Waals surface area contributed by atoms with Crippen molar-refractivity contribution in [3.05, 3.63) is 72.4 Å². The Morgan fingerprint density at radius 2 is 2.03 bits per heavy atom. The van der Waals surface area contributed by atoms with Gasteiger partial charge >= 0.3 is 0 Å². The molecule has 2 heterocycles. The molecule has 0 bridgehead atoms. The largest absolute Gasteiger partial charge is 0.493 e. The Hall–Kier alpha value is -3.81. The van der Waals surface area contributed by atoms with Crippen LogP contribution in [0.4, 0.5) is 5.69 Å². The van der Waals surface area contributed by atoms with E-state index in [1.54, 1.807) is 49.8 Å². The van der Waals surface area contributed by atoms with Crippen molar-refractivity contribution in [1.82, 2.24) is 9.88 Å². The van der Waals surface area contributed by atoms with Crippen LogP contribution in [0.1, 0.15) is 16.1 Å². The first-order valence-corrected chi connectivity index (χ1v) is 8.85. The van der Waals surface area contributed by atoms with Crippen molar-refractivity contribution in [3.63, 3.8) is 0 Å². The van der Waals surface area contributed by atoms with E-state index in [0.717, 1.165) is 5.56 Å². The second-order valence-electron chi connectivity index (χ2n) is 6.20. The molecule has 3 rings (SSSR count). The lowest BCUT2D eigenvalue weighted by molar-refractivity contribution is -0.116. The van der Waals surface area contributed by atoms with E-state index < -0.39 is 0 Å². The molecule has 0 aliphatic carbocycles. The number of nitrogens with one attached hydrogen (secondary N) is 1. The van der Waals surface area contributed by atoms with Gasteiger partial charge in [-0.1, -0.05) is 6.07 Å². The highest BCUT2D eigenvalue weighted by atomic mass is 16.5. The first-order chi connectivity index (χ1) is 14.1. The Morgan fingerprint density at radius 1 is 1.17 bits per heavy atom. The molecule has 0 fully saturated rings. The lowest BCUT2D eigenvalue weighted by Crippen LogP contribution is -2.34. The summed E-state index contributed by atoms with van der Waals surface area (Å²) >= 11 is 0. The zero-order valence-electron chi connectivity index (χ0n) is 16.1. The summed E-state index contributed by atoms with van der Waals surface area (Å²) in [4.78, 5) is 29.8. The molecule has 0 saturated carbocycles. The molecule has 3 aromatic rings. The predicted octanol–water partition coefficient (Wildman–Crippen LogP) is 2.97. The third-order valence-electron chi connectivity index (χ3n) is 4.02. The van der Waals surface area contributed by atoms with E-state index in [1.165, 1.54) is 18.2 Å². The van der Waals surface area contributed by atoms with E-state index in [-0.39, 0.29) is 24.1 Å². The van der Waals surface area contributed by atoms with Gasteiger partial charge in [0, 0.05) is 36.8 Å². The molecule has 29 heavy (non-hydrogen) atoms. The Labute approximate surface area is 168 Å². The molecule has 0 saturated heterocycles. The van der Waals surface area contributed by atoms with Gasteiger partial charge in [-0.2, -0.15) is 0 Å². The number of likely N-dealkylation sites (N-methyl/N-ethyl adjacent to an activating group) is 1. The van der Waals surface area contributed by atoms with Crippen LogP contribution in [0.15, 0.2) is 65.5 Å².